The zero-order valence-corrected chi connectivity index (χ0v) is 13.1. The minimum Gasteiger partial charge on any atom is -0.349 e. The van der Waals surface area contributed by atoms with Crippen LogP contribution in [0.5, 0.6) is 0 Å². The van der Waals surface area contributed by atoms with Gasteiger partial charge in [-0.2, -0.15) is 0 Å². The van der Waals surface area contributed by atoms with Crippen LogP contribution in [0.25, 0.3) is 0 Å². The fourth-order valence-electron chi connectivity index (χ4n) is 2.83. The maximum atomic E-state index is 12.3. The first-order valence-corrected chi connectivity index (χ1v) is 7.53. The van der Waals surface area contributed by atoms with Gasteiger partial charge in [-0.15, -0.1) is 0 Å². The molecule has 1 amide bonds. The number of benzene rings is 1. The molecule has 3 nitrogen and oxygen atoms in total. The largest absolute Gasteiger partial charge is 0.349 e. The molecule has 0 radical (unpaired) electrons. The average molecular weight is 274 g/mol. The number of hydrogen-bond acceptors (Lipinski definition) is 2. The number of nitrogens with one attached hydrogen (secondary N) is 1. The van der Waals surface area contributed by atoms with Crippen LogP contribution in [0.15, 0.2) is 18.2 Å². The number of carbonyl (C=O) groups is 1. The first-order valence-electron chi connectivity index (χ1n) is 7.53. The van der Waals surface area contributed by atoms with Gasteiger partial charge < -0.3 is 10.2 Å². The SMILES string of the molecule is Cc1ccc([C@H](C)NC(=O)[C@H]2CCCN(C)C2)cc1C. The van der Waals surface area contributed by atoms with Crippen LogP contribution in [-0.2, 0) is 4.79 Å². The van der Waals surface area contributed by atoms with Gasteiger partial charge in [-0.05, 0) is 63.9 Å². The summed E-state index contributed by atoms with van der Waals surface area (Å²) >= 11 is 0. The summed E-state index contributed by atoms with van der Waals surface area (Å²) in [6, 6.07) is 6.49. The highest BCUT2D eigenvalue weighted by Crippen LogP contribution is 2.19. The number of aryl methyl sites for hydroxylation is 2. The number of rotatable bonds is 3. The van der Waals surface area contributed by atoms with Crippen molar-refractivity contribution in [2.24, 2.45) is 5.92 Å². The van der Waals surface area contributed by atoms with Crippen molar-refractivity contribution in [1.29, 1.82) is 0 Å². The standard InChI is InChI=1S/C17H26N2O/c1-12-7-8-15(10-13(12)2)14(3)18-17(20)16-6-5-9-19(4)11-16/h7-8,10,14,16H,5-6,9,11H2,1-4H3,(H,18,20)/t14-,16-/m0/s1. The first kappa shape index (κ1) is 15.0. The zero-order chi connectivity index (χ0) is 14.7. The Kier molecular flexibility index (Phi) is 4.81. The lowest BCUT2D eigenvalue weighted by Gasteiger charge is -2.29. The predicted octanol–water partition coefficient (Wildman–Crippen LogP) is 2.82. The van der Waals surface area contributed by atoms with Gasteiger partial charge in [-0.25, -0.2) is 0 Å². The number of likely N-dealkylation sites (tertiary alicyclic amines) is 1. The Morgan fingerprint density at radius 1 is 1.35 bits per heavy atom. The summed E-state index contributed by atoms with van der Waals surface area (Å²) in [6.45, 7) is 8.28. The van der Waals surface area contributed by atoms with Crippen LogP contribution in [0.3, 0.4) is 0 Å². The molecule has 0 bridgehead atoms. The Labute approximate surface area is 122 Å². The van der Waals surface area contributed by atoms with Gasteiger partial charge in [-0.3, -0.25) is 4.79 Å². The normalized spacial score (nSPS) is 21.5. The van der Waals surface area contributed by atoms with Crippen molar-refractivity contribution in [3.05, 3.63) is 34.9 Å². The molecule has 0 saturated carbocycles. The molecule has 1 aliphatic rings. The first-order chi connectivity index (χ1) is 9.47. The Morgan fingerprint density at radius 2 is 2.10 bits per heavy atom. The third-order valence-corrected chi connectivity index (χ3v) is 4.39. The average Bonchev–Trinajstić information content (AvgIpc) is 2.41. The quantitative estimate of drug-likeness (QED) is 0.919. The molecule has 2 rings (SSSR count). The van der Waals surface area contributed by atoms with Crippen molar-refractivity contribution >= 4 is 5.91 Å². The topological polar surface area (TPSA) is 32.3 Å². The van der Waals surface area contributed by atoms with E-state index in [2.05, 4.69) is 56.2 Å². The van der Waals surface area contributed by atoms with Crippen LogP contribution < -0.4 is 5.32 Å². The van der Waals surface area contributed by atoms with E-state index in [9.17, 15) is 4.79 Å². The van der Waals surface area contributed by atoms with Crippen molar-refractivity contribution in [2.75, 3.05) is 20.1 Å². The third-order valence-electron chi connectivity index (χ3n) is 4.39. The van der Waals surface area contributed by atoms with Crippen LogP contribution in [-0.4, -0.2) is 30.9 Å². The molecule has 1 aliphatic heterocycles. The number of carbonyl (C=O) groups excluding carboxylic acids is 1. The second-order valence-corrected chi connectivity index (χ2v) is 6.18. The van der Waals surface area contributed by atoms with Gasteiger partial charge in [0.2, 0.25) is 5.91 Å². The minimum absolute atomic E-state index is 0.0778. The van der Waals surface area contributed by atoms with Crippen LogP contribution in [0.2, 0.25) is 0 Å². The molecule has 2 atom stereocenters. The summed E-state index contributed by atoms with van der Waals surface area (Å²) in [7, 11) is 2.09. The maximum Gasteiger partial charge on any atom is 0.224 e. The van der Waals surface area contributed by atoms with Crippen molar-refractivity contribution < 1.29 is 4.79 Å². The molecule has 1 heterocycles. The van der Waals surface area contributed by atoms with Crippen molar-refractivity contribution in [1.82, 2.24) is 10.2 Å². The summed E-state index contributed by atoms with van der Waals surface area (Å²) < 4.78 is 0. The van der Waals surface area contributed by atoms with Crippen molar-refractivity contribution in [2.45, 2.75) is 39.7 Å². The number of amides is 1. The summed E-state index contributed by atoms with van der Waals surface area (Å²) in [6.07, 6.45) is 2.13. The van der Waals surface area contributed by atoms with Crippen molar-refractivity contribution in [3.63, 3.8) is 0 Å². The van der Waals surface area contributed by atoms with Gasteiger partial charge >= 0.3 is 0 Å². The summed E-state index contributed by atoms with van der Waals surface area (Å²) in [5, 5.41) is 3.17. The molecule has 1 saturated heterocycles. The van der Waals surface area contributed by atoms with Crippen molar-refractivity contribution in [3.8, 4) is 0 Å². The molecule has 1 fully saturated rings. The fourth-order valence-corrected chi connectivity index (χ4v) is 2.83. The van der Waals surface area contributed by atoms with E-state index < -0.39 is 0 Å². The lowest BCUT2D eigenvalue weighted by Crippen LogP contribution is -2.42. The van der Waals surface area contributed by atoms with Gasteiger partial charge in [0.25, 0.3) is 0 Å². The lowest BCUT2D eigenvalue weighted by molar-refractivity contribution is -0.127. The molecule has 20 heavy (non-hydrogen) atoms. The van der Waals surface area contributed by atoms with Crippen LogP contribution in [0.1, 0.15) is 42.5 Å². The Hall–Kier alpha value is -1.35. The second-order valence-electron chi connectivity index (χ2n) is 6.18. The monoisotopic (exact) mass is 274 g/mol. The zero-order valence-electron chi connectivity index (χ0n) is 13.1. The molecule has 1 N–H and O–H groups in total. The highest BCUT2D eigenvalue weighted by Gasteiger charge is 2.25. The Morgan fingerprint density at radius 3 is 2.75 bits per heavy atom. The van der Waals surface area contributed by atoms with Gasteiger partial charge in [0.1, 0.15) is 0 Å². The third kappa shape index (κ3) is 3.60. The maximum absolute atomic E-state index is 12.3. The number of piperidine rings is 1. The van der Waals surface area contributed by atoms with E-state index in [0.29, 0.717) is 0 Å². The smallest absolute Gasteiger partial charge is 0.224 e. The Balaban J connectivity index is 1.97. The summed E-state index contributed by atoms with van der Waals surface area (Å²) in [4.78, 5) is 14.6. The second kappa shape index (κ2) is 6.40. The fraction of sp³-hybridized carbons (Fsp3) is 0.588. The summed E-state index contributed by atoms with van der Waals surface area (Å²) in [5.74, 6) is 0.338. The van der Waals surface area contributed by atoms with E-state index >= 15 is 0 Å². The highest BCUT2D eigenvalue weighted by atomic mass is 16.2. The highest BCUT2D eigenvalue weighted by molar-refractivity contribution is 5.79. The molecular formula is C17H26N2O. The molecule has 1 aromatic rings. The molecule has 0 unspecified atom stereocenters. The molecule has 3 heteroatoms. The summed E-state index contributed by atoms with van der Waals surface area (Å²) in [5.41, 5.74) is 3.76. The molecule has 1 aromatic carbocycles. The molecular weight excluding hydrogens is 248 g/mol. The minimum atomic E-state index is 0.0778. The van der Waals surface area contributed by atoms with E-state index in [1.165, 1.54) is 16.7 Å². The van der Waals surface area contributed by atoms with E-state index in [1.54, 1.807) is 0 Å². The van der Waals surface area contributed by atoms with Gasteiger partial charge in [-0.1, -0.05) is 18.2 Å². The predicted molar refractivity (Wildman–Crippen MR) is 82.7 cm³/mol. The number of nitrogens with zero attached hydrogens (tertiary/aromatic N) is 1. The van der Waals surface area contributed by atoms with Gasteiger partial charge in [0.05, 0.1) is 12.0 Å². The van der Waals surface area contributed by atoms with E-state index in [4.69, 9.17) is 0 Å². The van der Waals surface area contributed by atoms with E-state index in [1.807, 2.05) is 0 Å². The molecule has 0 aliphatic carbocycles. The molecule has 110 valence electrons. The van der Waals surface area contributed by atoms with E-state index in [-0.39, 0.29) is 17.9 Å². The van der Waals surface area contributed by atoms with Gasteiger partial charge in [0, 0.05) is 6.54 Å². The van der Waals surface area contributed by atoms with Crippen LogP contribution >= 0.6 is 0 Å². The molecule has 0 spiro atoms. The van der Waals surface area contributed by atoms with E-state index in [0.717, 1.165) is 25.9 Å². The van der Waals surface area contributed by atoms with Gasteiger partial charge in [0.15, 0.2) is 0 Å². The van der Waals surface area contributed by atoms with Crippen LogP contribution in [0, 0.1) is 19.8 Å². The molecule has 0 aromatic heterocycles. The Bertz CT molecular complexity index is 484. The lowest BCUT2D eigenvalue weighted by atomic mass is 9.96. The number of hydrogen-bond donors (Lipinski definition) is 1. The van der Waals surface area contributed by atoms with Crippen LogP contribution in [0.4, 0.5) is 0 Å².